The van der Waals surface area contributed by atoms with Gasteiger partial charge in [-0.25, -0.2) is 0 Å². The molecule has 2 bridgehead atoms. The van der Waals surface area contributed by atoms with E-state index in [2.05, 4.69) is 20.8 Å². The highest BCUT2D eigenvalue weighted by Gasteiger charge is 2.70. The number of rotatable bonds is 1. The van der Waals surface area contributed by atoms with Crippen LogP contribution in [-0.2, 0) is 4.79 Å². The highest BCUT2D eigenvalue weighted by molar-refractivity contribution is 5.74. The van der Waals surface area contributed by atoms with Crippen LogP contribution in [0.2, 0.25) is 0 Å². The molecule has 0 amide bonds. The highest BCUT2D eigenvalue weighted by Crippen LogP contribution is 2.73. The monoisotopic (exact) mass is 168 g/mol. The van der Waals surface area contributed by atoms with Crippen molar-refractivity contribution in [3.8, 4) is 0 Å². The van der Waals surface area contributed by atoms with Gasteiger partial charge in [-0.05, 0) is 29.6 Å². The molecule has 3 saturated carbocycles. The normalized spacial score (nSPS) is 48.6. The Hall–Kier alpha value is -0.530. The molecule has 0 aromatic carbocycles. The van der Waals surface area contributed by atoms with Crippen molar-refractivity contribution in [2.24, 2.45) is 22.7 Å². The van der Waals surface area contributed by atoms with Crippen LogP contribution in [-0.4, -0.2) is 11.1 Å². The van der Waals surface area contributed by atoms with Gasteiger partial charge in [0.15, 0.2) is 0 Å². The summed E-state index contributed by atoms with van der Waals surface area (Å²) in [5, 5.41) is 9.01. The third-order valence-corrected chi connectivity index (χ3v) is 4.73. The Morgan fingerprint density at radius 2 is 2.00 bits per heavy atom. The fourth-order valence-corrected chi connectivity index (χ4v) is 3.49. The van der Waals surface area contributed by atoms with E-state index in [-0.39, 0.29) is 16.7 Å². The third kappa shape index (κ3) is 0.572. The van der Waals surface area contributed by atoms with E-state index in [1.165, 1.54) is 0 Å². The topological polar surface area (TPSA) is 37.3 Å². The van der Waals surface area contributed by atoms with Crippen molar-refractivity contribution in [2.75, 3.05) is 0 Å². The molecule has 0 aromatic rings. The second-order valence-electron chi connectivity index (χ2n) is 5.10. The number of carboxylic acid groups (broad SMARTS) is 1. The zero-order chi connectivity index (χ0) is 9.15. The Kier molecular flexibility index (Phi) is 1.25. The minimum absolute atomic E-state index is 0.0625. The molecule has 3 fully saturated rings. The molecule has 1 N–H and O–H groups in total. The van der Waals surface area contributed by atoms with Crippen molar-refractivity contribution in [3.63, 3.8) is 0 Å². The molecule has 0 saturated heterocycles. The largest absolute Gasteiger partial charge is 0.481 e. The summed E-state index contributed by atoms with van der Waals surface area (Å²) in [4.78, 5) is 10.9. The smallest absolute Gasteiger partial charge is 0.307 e. The van der Waals surface area contributed by atoms with Crippen molar-refractivity contribution in [1.29, 1.82) is 0 Å². The van der Waals surface area contributed by atoms with E-state index in [1.54, 1.807) is 0 Å². The summed E-state index contributed by atoms with van der Waals surface area (Å²) in [6, 6.07) is 0. The second kappa shape index (κ2) is 1.86. The molecule has 0 aliphatic heterocycles. The van der Waals surface area contributed by atoms with Gasteiger partial charge in [0.05, 0.1) is 5.92 Å². The third-order valence-electron chi connectivity index (χ3n) is 4.73. The molecule has 12 heavy (non-hydrogen) atoms. The van der Waals surface area contributed by atoms with E-state index in [0.29, 0.717) is 5.92 Å². The fraction of sp³-hybridized carbons (Fsp3) is 0.900. The first-order chi connectivity index (χ1) is 5.41. The average Bonchev–Trinajstić information content (AvgIpc) is 2.38. The standard InChI is InChI=1S/C10H16O2/c1-9(2)6-4-5-10(9,3)7(6)8(11)12/h6-7H,4-5H2,1-3H3,(H,11,12)/t6-,7-,10-/m0/s1. The molecule has 68 valence electrons. The number of aliphatic carboxylic acids is 1. The Labute approximate surface area is 73.0 Å². The minimum Gasteiger partial charge on any atom is -0.481 e. The summed E-state index contributed by atoms with van der Waals surface area (Å²) < 4.78 is 0. The predicted molar refractivity (Wildman–Crippen MR) is 45.7 cm³/mol. The van der Waals surface area contributed by atoms with E-state index >= 15 is 0 Å². The lowest BCUT2D eigenvalue weighted by atomic mass is 9.45. The molecule has 3 rings (SSSR count). The predicted octanol–water partition coefficient (Wildman–Crippen LogP) is 2.14. The van der Waals surface area contributed by atoms with Gasteiger partial charge in [0.1, 0.15) is 0 Å². The van der Waals surface area contributed by atoms with Crippen LogP contribution in [0.3, 0.4) is 0 Å². The Balaban J connectivity index is 2.33. The first-order valence-corrected chi connectivity index (χ1v) is 4.64. The first kappa shape index (κ1) is 8.09. The molecule has 0 unspecified atom stereocenters. The van der Waals surface area contributed by atoms with Gasteiger partial charge in [-0.15, -0.1) is 0 Å². The molecular formula is C10H16O2. The van der Waals surface area contributed by atoms with Crippen LogP contribution >= 0.6 is 0 Å². The van der Waals surface area contributed by atoms with Crippen molar-refractivity contribution < 1.29 is 9.90 Å². The van der Waals surface area contributed by atoms with E-state index in [1.807, 2.05) is 0 Å². The summed E-state index contributed by atoms with van der Waals surface area (Å²) in [7, 11) is 0. The Morgan fingerprint density at radius 1 is 1.42 bits per heavy atom. The number of carboxylic acids is 1. The van der Waals surface area contributed by atoms with Crippen molar-refractivity contribution in [3.05, 3.63) is 0 Å². The fourth-order valence-electron chi connectivity index (χ4n) is 3.49. The van der Waals surface area contributed by atoms with Crippen LogP contribution in [0.1, 0.15) is 33.6 Å². The van der Waals surface area contributed by atoms with Crippen LogP contribution < -0.4 is 0 Å². The van der Waals surface area contributed by atoms with Crippen LogP contribution in [0, 0.1) is 22.7 Å². The van der Waals surface area contributed by atoms with E-state index in [0.717, 1.165) is 12.8 Å². The first-order valence-electron chi connectivity index (χ1n) is 4.64. The van der Waals surface area contributed by atoms with Crippen LogP contribution in [0.5, 0.6) is 0 Å². The lowest BCUT2D eigenvalue weighted by Gasteiger charge is -2.57. The van der Waals surface area contributed by atoms with Crippen LogP contribution in [0.25, 0.3) is 0 Å². The molecule has 3 aliphatic carbocycles. The van der Waals surface area contributed by atoms with Gasteiger partial charge < -0.3 is 5.11 Å². The highest BCUT2D eigenvalue weighted by atomic mass is 16.4. The summed E-state index contributed by atoms with van der Waals surface area (Å²) in [6.45, 7) is 6.56. The number of hydrogen-bond acceptors (Lipinski definition) is 1. The molecule has 0 aromatic heterocycles. The van der Waals surface area contributed by atoms with E-state index in [4.69, 9.17) is 5.11 Å². The summed E-state index contributed by atoms with van der Waals surface area (Å²) >= 11 is 0. The lowest BCUT2D eigenvalue weighted by Crippen LogP contribution is -2.57. The molecule has 0 heterocycles. The minimum atomic E-state index is -0.584. The summed E-state index contributed by atoms with van der Waals surface area (Å²) in [6.07, 6.45) is 2.21. The lowest BCUT2D eigenvalue weighted by molar-refractivity contribution is -0.177. The van der Waals surface area contributed by atoms with Crippen molar-refractivity contribution in [1.82, 2.24) is 0 Å². The zero-order valence-electron chi connectivity index (χ0n) is 7.92. The average molecular weight is 168 g/mol. The number of carbonyl (C=O) groups is 1. The SMILES string of the molecule is CC1(C)[C@H]2CC[C@@]1(C)[C@@H]2C(=O)O. The van der Waals surface area contributed by atoms with E-state index < -0.39 is 5.97 Å². The van der Waals surface area contributed by atoms with Crippen molar-refractivity contribution in [2.45, 2.75) is 33.6 Å². The number of hydrogen-bond donors (Lipinski definition) is 1. The van der Waals surface area contributed by atoms with Gasteiger partial charge in [0, 0.05) is 0 Å². The van der Waals surface area contributed by atoms with Crippen molar-refractivity contribution >= 4 is 5.97 Å². The van der Waals surface area contributed by atoms with Gasteiger partial charge in [-0.1, -0.05) is 20.8 Å². The molecular weight excluding hydrogens is 152 g/mol. The second-order valence-corrected chi connectivity index (χ2v) is 5.10. The molecule has 2 nitrogen and oxygen atoms in total. The zero-order valence-corrected chi connectivity index (χ0v) is 7.92. The molecule has 0 radical (unpaired) electrons. The Bertz CT molecular complexity index is 244. The van der Waals surface area contributed by atoms with Gasteiger partial charge >= 0.3 is 5.97 Å². The maximum absolute atomic E-state index is 10.9. The van der Waals surface area contributed by atoms with Gasteiger partial charge in [0.25, 0.3) is 0 Å². The molecule has 3 atom stereocenters. The molecule has 0 spiro atoms. The van der Waals surface area contributed by atoms with Gasteiger partial charge in [0.2, 0.25) is 0 Å². The maximum Gasteiger partial charge on any atom is 0.307 e. The Morgan fingerprint density at radius 3 is 2.17 bits per heavy atom. The van der Waals surface area contributed by atoms with Crippen LogP contribution in [0.15, 0.2) is 0 Å². The van der Waals surface area contributed by atoms with E-state index in [9.17, 15) is 4.79 Å². The van der Waals surface area contributed by atoms with Gasteiger partial charge in [-0.3, -0.25) is 4.79 Å². The number of fused-ring (bicyclic) bond motifs is 1. The molecule has 3 aliphatic rings. The van der Waals surface area contributed by atoms with Gasteiger partial charge in [-0.2, -0.15) is 0 Å². The molecule has 2 heteroatoms. The van der Waals surface area contributed by atoms with Crippen LogP contribution in [0.4, 0.5) is 0 Å². The quantitative estimate of drug-likeness (QED) is 0.651. The summed E-state index contributed by atoms with van der Waals surface area (Å²) in [5.74, 6) is -0.216. The summed E-state index contributed by atoms with van der Waals surface area (Å²) in [5.41, 5.74) is 0.333. The maximum atomic E-state index is 10.9.